The number of thiazole rings is 1. The molecule has 3 N–H and O–H groups in total. The SMILES string of the molecule is CN(C(=O)c1sc(NC2CC2)nc1N)C1CCCCCC1. The lowest BCUT2D eigenvalue weighted by Gasteiger charge is -2.26. The summed E-state index contributed by atoms with van der Waals surface area (Å²) in [5.74, 6) is 0.398. The van der Waals surface area contributed by atoms with Crippen molar-refractivity contribution in [1.29, 1.82) is 0 Å². The van der Waals surface area contributed by atoms with E-state index in [9.17, 15) is 4.79 Å². The van der Waals surface area contributed by atoms with Crippen molar-refractivity contribution >= 4 is 28.2 Å². The van der Waals surface area contributed by atoms with Gasteiger partial charge in [-0.15, -0.1) is 0 Å². The van der Waals surface area contributed by atoms with Crippen LogP contribution in [0.3, 0.4) is 0 Å². The molecule has 0 aliphatic heterocycles. The van der Waals surface area contributed by atoms with Gasteiger partial charge >= 0.3 is 0 Å². The van der Waals surface area contributed by atoms with Crippen LogP contribution in [-0.4, -0.2) is 34.9 Å². The molecule has 0 atom stereocenters. The van der Waals surface area contributed by atoms with E-state index in [1.807, 2.05) is 11.9 Å². The second-order valence-electron chi connectivity index (χ2n) is 6.21. The fraction of sp³-hybridized carbons (Fsp3) is 0.733. The zero-order chi connectivity index (χ0) is 14.8. The lowest BCUT2D eigenvalue weighted by atomic mass is 10.1. The molecule has 2 aliphatic carbocycles. The average Bonchev–Trinajstić information content (AvgIpc) is 3.24. The summed E-state index contributed by atoms with van der Waals surface area (Å²) in [6, 6.07) is 0.874. The largest absolute Gasteiger partial charge is 0.382 e. The number of aromatic nitrogens is 1. The Hall–Kier alpha value is -1.30. The second-order valence-corrected chi connectivity index (χ2v) is 7.21. The molecule has 1 heterocycles. The van der Waals surface area contributed by atoms with Crippen molar-refractivity contribution in [3.05, 3.63) is 4.88 Å². The summed E-state index contributed by atoms with van der Waals surface area (Å²) in [6.45, 7) is 0. The molecule has 0 spiro atoms. The second kappa shape index (κ2) is 6.22. The summed E-state index contributed by atoms with van der Waals surface area (Å²) < 4.78 is 0. The summed E-state index contributed by atoms with van der Waals surface area (Å²) in [6.07, 6.45) is 9.59. The van der Waals surface area contributed by atoms with Gasteiger partial charge in [0.2, 0.25) is 0 Å². The Labute approximate surface area is 129 Å². The molecule has 5 nitrogen and oxygen atoms in total. The van der Waals surface area contributed by atoms with Gasteiger partial charge in [-0.1, -0.05) is 37.0 Å². The first-order chi connectivity index (χ1) is 10.1. The van der Waals surface area contributed by atoms with Crippen molar-refractivity contribution in [2.45, 2.75) is 63.5 Å². The van der Waals surface area contributed by atoms with Crippen LogP contribution in [-0.2, 0) is 0 Å². The van der Waals surface area contributed by atoms with E-state index in [-0.39, 0.29) is 5.91 Å². The van der Waals surface area contributed by atoms with E-state index < -0.39 is 0 Å². The Morgan fingerprint density at radius 1 is 1.24 bits per heavy atom. The Kier molecular flexibility index (Phi) is 4.33. The highest BCUT2D eigenvalue weighted by molar-refractivity contribution is 7.18. The molecule has 2 saturated carbocycles. The maximum absolute atomic E-state index is 12.7. The number of nitrogens with one attached hydrogen (secondary N) is 1. The molecule has 2 aliphatic rings. The predicted molar refractivity (Wildman–Crippen MR) is 86.8 cm³/mol. The van der Waals surface area contributed by atoms with Gasteiger partial charge in [0, 0.05) is 19.1 Å². The van der Waals surface area contributed by atoms with Gasteiger partial charge in [-0.2, -0.15) is 0 Å². The smallest absolute Gasteiger partial charge is 0.267 e. The van der Waals surface area contributed by atoms with Crippen LogP contribution < -0.4 is 11.1 Å². The number of anilines is 2. The van der Waals surface area contributed by atoms with Gasteiger partial charge in [-0.3, -0.25) is 4.79 Å². The van der Waals surface area contributed by atoms with E-state index in [1.54, 1.807) is 0 Å². The molecule has 21 heavy (non-hydrogen) atoms. The standard InChI is InChI=1S/C15H24N4OS/c1-19(11-6-4-2-3-5-7-11)14(20)12-13(16)18-15(21-12)17-10-8-9-10/h10-11H,2-9,16H2,1H3,(H,17,18). The fourth-order valence-corrected chi connectivity index (χ4v) is 3.86. The average molecular weight is 308 g/mol. The molecule has 0 unspecified atom stereocenters. The monoisotopic (exact) mass is 308 g/mol. The van der Waals surface area contributed by atoms with Gasteiger partial charge in [0.25, 0.3) is 5.91 Å². The Morgan fingerprint density at radius 3 is 2.52 bits per heavy atom. The highest BCUT2D eigenvalue weighted by Crippen LogP contribution is 2.32. The Balaban J connectivity index is 1.69. The third-order valence-electron chi connectivity index (χ3n) is 4.45. The Bertz CT molecular complexity index is 504. The van der Waals surface area contributed by atoms with Gasteiger partial charge in [0.05, 0.1) is 0 Å². The van der Waals surface area contributed by atoms with E-state index in [4.69, 9.17) is 5.73 Å². The van der Waals surface area contributed by atoms with Crippen LogP contribution >= 0.6 is 11.3 Å². The third kappa shape index (κ3) is 3.48. The molecule has 0 saturated heterocycles. The van der Waals surface area contributed by atoms with E-state index in [2.05, 4.69) is 10.3 Å². The molecule has 2 fully saturated rings. The normalized spacial score (nSPS) is 20.0. The summed E-state index contributed by atoms with van der Waals surface area (Å²) >= 11 is 1.40. The van der Waals surface area contributed by atoms with Crippen LogP contribution in [0.4, 0.5) is 10.9 Å². The number of hydrogen-bond acceptors (Lipinski definition) is 5. The van der Waals surface area contributed by atoms with E-state index in [0.717, 1.165) is 18.0 Å². The van der Waals surface area contributed by atoms with Gasteiger partial charge < -0.3 is 16.0 Å². The van der Waals surface area contributed by atoms with Crippen molar-refractivity contribution in [3.8, 4) is 0 Å². The first-order valence-corrected chi connectivity index (χ1v) is 8.77. The summed E-state index contributed by atoms with van der Waals surface area (Å²) in [5, 5.41) is 4.10. The van der Waals surface area contributed by atoms with Gasteiger partial charge in [0.1, 0.15) is 10.7 Å². The van der Waals surface area contributed by atoms with Crippen LogP contribution in [0.25, 0.3) is 0 Å². The number of amides is 1. The molecule has 116 valence electrons. The van der Waals surface area contributed by atoms with Crippen molar-refractivity contribution in [2.24, 2.45) is 0 Å². The maximum atomic E-state index is 12.7. The van der Waals surface area contributed by atoms with E-state index in [1.165, 1.54) is 49.9 Å². The van der Waals surface area contributed by atoms with E-state index >= 15 is 0 Å². The number of nitrogen functional groups attached to an aromatic ring is 1. The highest BCUT2D eigenvalue weighted by Gasteiger charge is 2.27. The molecule has 1 aromatic heterocycles. The number of carbonyl (C=O) groups is 1. The number of nitrogens with two attached hydrogens (primary N) is 1. The molecule has 0 bridgehead atoms. The number of nitrogens with zero attached hydrogens (tertiary/aromatic N) is 2. The van der Waals surface area contributed by atoms with Gasteiger partial charge in [0.15, 0.2) is 5.13 Å². The maximum Gasteiger partial charge on any atom is 0.267 e. The number of rotatable bonds is 4. The molecule has 1 amide bonds. The molecular weight excluding hydrogens is 284 g/mol. The lowest BCUT2D eigenvalue weighted by Crippen LogP contribution is -2.36. The number of hydrogen-bond donors (Lipinski definition) is 2. The van der Waals surface area contributed by atoms with Gasteiger partial charge in [-0.25, -0.2) is 4.98 Å². The summed E-state index contributed by atoms with van der Waals surface area (Å²) in [5.41, 5.74) is 5.95. The molecular formula is C15H24N4OS. The van der Waals surface area contributed by atoms with E-state index in [0.29, 0.717) is 22.8 Å². The first kappa shape index (κ1) is 14.6. The molecule has 1 aromatic rings. The molecule has 0 radical (unpaired) electrons. The minimum Gasteiger partial charge on any atom is -0.382 e. The first-order valence-electron chi connectivity index (χ1n) is 7.95. The summed E-state index contributed by atoms with van der Waals surface area (Å²) in [7, 11) is 1.91. The van der Waals surface area contributed by atoms with Crippen LogP contribution in [0.2, 0.25) is 0 Å². The minimum absolute atomic E-state index is 0.0285. The zero-order valence-electron chi connectivity index (χ0n) is 12.6. The third-order valence-corrected chi connectivity index (χ3v) is 5.44. The molecule has 6 heteroatoms. The van der Waals surface area contributed by atoms with Crippen molar-refractivity contribution in [1.82, 2.24) is 9.88 Å². The predicted octanol–water partition coefficient (Wildman–Crippen LogP) is 3.09. The van der Waals surface area contributed by atoms with Crippen LogP contribution in [0, 0.1) is 0 Å². The van der Waals surface area contributed by atoms with Crippen molar-refractivity contribution in [3.63, 3.8) is 0 Å². The number of carbonyl (C=O) groups excluding carboxylic acids is 1. The quantitative estimate of drug-likeness (QED) is 0.839. The Morgan fingerprint density at radius 2 is 1.90 bits per heavy atom. The van der Waals surface area contributed by atoms with Gasteiger partial charge in [-0.05, 0) is 25.7 Å². The molecule has 3 rings (SSSR count). The fourth-order valence-electron chi connectivity index (χ4n) is 2.92. The van der Waals surface area contributed by atoms with Crippen LogP contribution in [0.5, 0.6) is 0 Å². The lowest BCUT2D eigenvalue weighted by molar-refractivity contribution is 0.0723. The molecule has 0 aromatic carbocycles. The minimum atomic E-state index is 0.0285. The van der Waals surface area contributed by atoms with Crippen molar-refractivity contribution < 1.29 is 4.79 Å². The van der Waals surface area contributed by atoms with Crippen LogP contribution in [0.1, 0.15) is 61.0 Å². The van der Waals surface area contributed by atoms with Crippen LogP contribution in [0.15, 0.2) is 0 Å². The zero-order valence-corrected chi connectivity index (χ0v) is 13.4. The topological polar surface area (TPSA) is 71.2 Å². The van der Waals surface area contributed by atoms with Crippen molar-refractivity contribution in [2.75, 3.05) is 18.1 Å². The summed E-state index contributed by atoms with van der Waals surface area (Å²) in [4.78, 5) is 19.4. The highest BCUT2D eigenvalue weighted by atomic mass is 32.1.